The fourth-order valence-corrected chi connectivity index (χ4v) is 5.11. The highest BCUT2D eigenvalue weighted by Crippen LogP contribution is 2.34. The standard InChI is InChI=1S/C20H20N2OS2/c1-24-17-8-4-2-6-15(17)20(23)22-12-10-14(11-13-22)19-21-16-7-3-5-9-18(16)25-19/h2-9,14H,10-13H2,1H3. The first-order chi connectivity index (χ1) is 12.3. The first-order valence-corrected chi connectivity index (χ1v) is 10.6. The lowest BCUT2D eigenvalue weighted by Crippen LogP contribution is -2.38. The van der Waals surface area contributed by atoms with Gasteiger partial charge in [-0.3, -0.25) is 4.79 Å². The molecule has 128 valence electrons. The van der Waals surface area contributed by atoms with Crippen molar-refractivity contribution >= 4 is 39.2 Å². The van der Waals surface area contributed by atoms with Crippen LogP contribution in [0.1, 0.15) is 34.1 Å². The second-order valence-corrected chi connectivity index (χ2v) is 8.20. The molecular weight excluding hydrogens is 348 g/mol. The maximum absolute atomic E-state index is 12.9. The Labute approximate surface area is 156 Å². The van der Waals surface area contributed by atoms with Gasteiger partial charge in [0.2, 0.25) is 0 Å². The molecule has 2 aromatic carbocycles. The van der Waals surface area contributed by atoms with E-state index >= 15 is 0 Å². The minimum atomic E-state index is 0.160. The number of likely N-dealkylation sites (tertiary alicyclic amines) is 1. The van der Waals surface area contributed by atoms with Crippen LogP contribution in [0.25, 0.3) is 10.2 Å². The average molecular weight is 369 g/mol. The lowest BCUT2D eigenvalue weighted by molar-refractivity contribution is 0.0709. The molecule has 5 heteroatoms. The van der Waals surface area contributed by atoms with Crippen LogP contribution in [0.15, 0.2) is 53.4 Å². The van der Waals surface area contributed by atoms with Gasteiger partial charge in [0.15, 0.2) is 0 Å². The monoisotopic (exact) mass is 368 g/mol. The zero-order chi connectivity index (χ0) is 17.2. The maximum Gasteiger partial charge on any atom is 0.254 e. The van der Waals surface area contributed by atoms with Crippen LogP contribution in [0.4, 0.5) is 0 Å². The minimum absolute atomic E-state index is 0.160. The lowest BCUT2D eigenvalue weighted by Gasteiger charge is -2.31. The van der Waals surface area contributed by atoms with Gasteiger partial charge in [-0.2, -0.15) is 0 Å². The third-order valence-corrected chi connectivity index (χ3v) is 6.77. The van der Waals surface area contributed by atoms with Crippen molar-refractivity contribution in [2.75, 3.05) is 19.3 Å². The zero-order valence-corrected chi connectivity index (χ0v) is 15.8. The smallest absolute Gasteiger partial charge is 0.254 e. The molecule has 0 N–H and O–H groups in total. The van der Waals surface area contributed by atoms with E-state index in [1.54, 1.807) is 23.1 Å². The summed E-state index contributed by atoms with van der Waals surface area (Å²) in [6.45, 7) is 1.62. The summed E-state index contributed by atoms with van der Waals surface area (Å²) >= 11 is 3.43. The third kappa shape index (κ3) is 3.31. The van der Waals surface area contributed by atoms with E-state index in [9.17, 15) is 4.79 Å². The molecule has 1 saturated heterocycles. The molecule has 1 aromatic heterocycles. The minimum Gasteiger partial charge on any atom is -0.339 e. The van der Waals surface area contributed by atoms with Crippen molar-refractivity contribution in [2.24, 2.45) is 0 Å². The molecule has 1 aliphatic rings. The topological polar surface area (TPSA) is 33.2 Å². The average Bonchev–Trinajstić information content (AvgIpc) is 3.12. The van der Waals surface area contributed by atoms with Crippen LogP contribution in [0.2, 0.25) is 0 Å². The molecule has 0 aliphatic carbocycles. The van der Waals surface area contributed by atoms with Crippen molar-refractivity contribution in [3.05, 3.63) is 59.1 Å². The summed E-state index contributed by atoms with van der Waals surface area (Å²) < 4.78 is 1.25. The fourth-order valence-electron chi connectivity index (χ4n) is 3.39. The number of thiazole rings is 1. The quantitative estimate of drug-likeness (QED) is 0.607. The summed E-state index contributed by atoms with van der Waals surface area (Å²) in [6.07, 6.45) is 4.01. The van der Waals surface area contributed by atoms with Gasteiger partial charge in [0.05, 0.1) is 20.8 Å². The number of rotatable bonds is 3. The normalized spacial score (nSPS) is 15.6. The highest BCUT2D eigenvalue weighted by molar-refractivity contribution is 7.98. The molecule has 3 aromatic rings. The Morgan fingerprint density at radius 3 is 2.60 bits per heavy atom. The first kappa shape index (κ1) is 16.6. The van der Waals surface area contributed by atoms with E-state index in [4.69, 9.17) is 4.98 Å². The number of carbonyl (C=O) groups is 1. The largest absolute Gasteiger partial charge is 0.339 e. The number of piperidine rings is 1. The molecule has 2 heterocycles. The van der Waals surface area contributed by atoms with Gasteiger partial charge in [-0.25, -0.2) is 4.98 Å². The van der Waals surface area contributed by atoms with Gasteiger partial charge < -0.3 is 4.90 Å². The second-order valence-electron chi connectivity index (χ2n) is 6.29. The van der Waals surface area contributed by atoms with E-state index < -0.39 is 0 Å². The second kappa shape index (κ2) is 7.18. The van der Waals surface area contributed by atoms with E-state index in [1.807, 2.05) is 41.5 Å². The molecule has 0 radical (unpaired) electrons. The van der Waals surface area contributed by atoms with Crippen LogP contribution in [0.5, 0.6) is 0 Å². The fraction of sp³-hybridized carbons (Fsp3) is 0.300. The van der Waals surface area contributed by atoms with E-state index in [-0.39, 0.29) is 5.91 Å². The van der Waals surface area contributed by atoms with Gasteiger partial charge >= 0.3 is 0 Å². The number of hydrogen-bond donors (Lipinski definition) is 0. The summed E-state index contributed by atoms with van der Waals surface area (Å²) in [4.78, 5) is 20.7. The van der Waals surface area contributed by atoms with Gasteiger partial charge in [0.1, 0.15) is 0 Å². The molecule has 1 aliphatic heterocycles. The number of fused-ring (bicyclic) bond motifs is 1. The summed E-state index contributed by atoms with van der Waals surface area (Å²) in [5.74, 6) is 0.630. The van der Waals surface area contributed by atoms with Gasteiger partial charge in [0, 0.05) is 23.9 Å². The Balaban J connectivity index is 1.46. The molecule has 3 nitrogen and oxygen atoms in total. The highest BCUT2D eigenvalue weighted by atomic mass is 32.2. The number of aromatic nitrogens is 1. The van der Waals surface area contributed by atoms with Gasteiger partial charge in [-0.05, 0) is 43.4 Å². The van der Waals surface area contributed by atoms with Crippen molar-refractivity contribution in [3.63, 3.8) is 0 Å². The molecular formula is C20H20N2OS2. The van der Waals surface area contributed by atoms with Crippen LogP contribution in [-0.4, -0.2) is 35.1 Å². The van der Waals surface area contributed by atoms with E-state index in [1.165, 1.54) is 9.71 Å². The number of nitrogens with zero attached hydrogens (tertiary/aromatic N) is 2. The first-order valence-electron chi connectivity index (χ1n) is 8.54. The lowest BCUT2D eigenvalue weighted by atomic mass is 9.97. The van der Waals surface area contributed by atoms with Crippen LogP contribution in [-0.2, 0) is 0 Å². The Morgan fingerprint density at radius 1 is 1.12 bits per heavy atom. The molecule has 25 heavy (non-hydrogen) atoms. The molecule has 1 fully saturated rings. The van der Waals surface area contributed by atoms with Crippen LogP contribution < -0.4 is 0 Å². The molecule has 1 amide bonds. The van der Waals surface area contributed by atoms with E-state index in [0.29, 0.717) is 5.92 Å². The van der Waals surface area contributed by atoms with Gasteiger partial charge in [-0.15, -0.1) is 23.1 Å². The molecule has 0 unspecified atom stereocenters. The molecule has 0 bridgehead atoms. The number of benzene rings is 2. The van der Waals surface area contributed by atoms with Crippen LogP contribution in [0.3, 0.4) is 0 Å². The number of thioether (sulfide) groups is 1. The van der Waals surface area contributed by atoms with Gasteiger partial charge in [0.25, 0.3) is 5.91 Å². The summed E-state index contributed by atoms with van der Waals surface area (Å²) in [6, 6.07) is 16.2. The number of para-hydroxylation sites is 1. The Morgan fingerprint density at radius 2 is 1.84 bits per heavy atom. The van der Waals surface area contributed by atoms with Crippen molar-refractivity contribution in [2.45, 2.75) is 23.7 Å². The van der Waals surface area contributed by atoms with Crippen molar-refractivity contribution < 1.29 is 4.79 Å². The highest BCUT2D eigenvalue weighted by Gasteiger charge is 2.27. The molecule has 0 atom stereocenters. The molecule has 4 rings (SSSR count). The van der Waals surface area contributed by atoms with Crippen molar-refractivity contribution in [1.29, 1.82) is 0 Å². The summed E-state index contributed by atoms with van der Waals surface area (Å²) in [5.41, 5.74) is 1.92. The number of hydrogen-bond acceptors (Lipinski definition) is 4. The van der Waals surface area contributed by atoms with Gasteiger partial charge in [-0.1, -0.05) is 24.3 Å². The van der Waals surface area contributed by atoms with Crippen LogP contribution in [0, 0.1) is 0 Å². The number of carbonyl (C=O) groups excluding carboxylic acids is 1. The Kier molecular flexibility index (Phi) is 4.77. The number of amides is 1. The van der Waals surface area contributed by atoms with Crippen molar-refractivity contribution in [1.82, 2.24) is 9.88 Å². The molecule has 0 spiro atoms. The summed E-state index contributed by atoms with van der Waals surface area (Å²) in [7, 11) is 0. The summed E-state index contributed by atoms with van der Waals surface area (Å²) in [5, 5.41) is 1.22. The Hall–Kier alpha value is -1.85. The SMILES string of the molecule is CSc1ccccc1C(=O)N1CCC(c2nc3ccccc3s2)CC1. The Bertz CT molecular complexity index is 864. The van der Waals surface area contributed by atoms with E-state index in [2.05, 4.69) is 18.2 Å². The van der Waals surface area contributed by atoms with E-state index in [0.717, 1.165) is 41.9 Å². The maximum atomic E-state index is 12.9. The predicted molar refractivity (Wildman–Crippen MR) is 106 cm³/mol. The third-order valence-electron chi connectivity index (χ3n) is 4.78. The zero-order valence-electron chi connectivity index (χ0n) is 14.1. The van der Waals surface area contributed by atoms with Crippen molar-refractivity contribution in [3.8, 4) is 0 Å². The predicted octanol–water partition coefficient (Wildman–Crippen LogP) is 5.04. The molecule has 0 saturated carbocycles. The van der Waals surface area contributed by atoms with Crippen LogP contribution >= 0.6 is 23.1 Å².